The first-order valence-electron chi connectivity index (χ1n) is 5.53. The Balaban J connectivity index is 2.72. The number of hydrogen-bond donors (Lipinski definition) is 1. The molecule has 17 heavy (non-hydrogen) atoms. The van der Waals surface area contributed by atoms with Crippen molar-refractivity contribution < 1.29 is 14.3 Å². The van der Waals surface area contributed by atoms with Crippen molar-refractivity contribution in [1.29, 1.82) is 0 Å². The van der Waals surface area contributed by atoms with Crippen LogP contribution in [0.15, 0.2) is 18.2 Å². The lowest BCUT2D eigenvalue weighted by Gasteiger charge is -2.13. The van der Waals surface area contributed by atoms with Gasteiger partial charge < -0.3 is 14.8 Å². The van der Waals surface area contributed by atoms with Gasteiger partial charge in [-0.2, -0.15) is 0 Å². The third-order valence-electron chi connectivity index (χ3n) is 2.45. The van der Waals surface area contributed by atoms with Crippen molar-refractivity contribution in [1.82, 2.24) is 5.32 Å². The van der Waals surface area contributed by atoms with Crippen molar-refractivity contribution in [2.24, 2.45) is 0 Å². The van der Waals surface area contributed by atoms with E-state index in [-0.39, 0.29) is 11.9 Å². The number of amides is 1. The molecule has 0 fully saturated rings. The normalized spacial score (nSPS) is 12.0. The van der Waals surface area contributed by atoms with E-state index >= 15 is 0 Å². The van der Waals surface area contributed by atoms with E-state index in [9.17, 15) is 4.79 Å². The van der Waals surface area contributed by atoms with Gasteiger partial charge in [0.15, 0.2) is 0 Å². The second-order valence-electron chi connectivity index (χ2n) is 4.01. The van der Waals surface area contributed by atoms with Crippen molar-refractivity contribution >= 4 is 5.91 Å². The van der Waals surface area contributed by atoms with Crippen molar-refractivity contribution in [2.45, 2.75) is 19.9 Å². The zero-order chi connectivity index (χ0) is 12.8. The number of methoxy groups -OCH3 is 2. The number of nitrogens with one attached hydrogen (secondary N) is 1. The van der Waals surface area contributed by atoms with Gasteiger partial charge in [-0.25, -0.2) is 0 Å². The van der Waals surface area contributed by atoms with Crippen LogP contribution < -0.4 is 10.1 Å². The molecule has 1 atom stereocenters. The molecule has 1 amide bonds. The SMILES string of the molecule is COC[C@@H](C)NC(=O)c1ccc(OC)c(C)c1. The van der Waals surface area contributed by atoms with Crippen LogP contribution in [0.4, 0.5) is 0 Å². The maximum absolute atomic E-state index is 11.9. The standard InChI is InChI=1S/C13H19NO3/c1-9-7-11(5-6-12(9)17-4)13(15)14-10(2)8-16-3/h5-7,10H,8H2,1-4H3,(H,14,15)/t10-/m1/s1. The highest BCUT2D eigenvalue weighted by molar-refractivity contribution is 5.94. The monoisotopic (exact) mass is 237 g/mol. The molecule has 0 aromatic heterocycles. The highest BCUT2D eigenvalue weighted by atomic mass is 16.5. The second kappa shape index (κ2) is 6.25. The molecule has 94 valence electrons. The summed E-state index contributed by atoms with van der Waals surface area (Å²) in [7, 11) is 3.23. The predicted molar refractivity (Wildman–Crippen MR) is 66.5 cm³/mol. The molecule has 0 saturated carbocycles. The Hall–Kier alpha value is -1.55. The number of ether oxygens (including phenoxy) is 2. The molecule has 0 saturated heterocycles. The van der Waals surface area contributed by atoms with Crippen LogP contribution in [0.5, 0.6) is 5.75 Å². The maximum Gasteiger partial charge on any atom is 0.251 e. The van der Waals surface area contributed by atoms with E-state index < -0.39 is 0 Å². The molecule has 0 radical (unpaired) electrons. The summed E-state index contributed by atoms with van der Waals surface area (Å²) < 4.78 is 10.1. The highest BCUT2D eigenvalue weighted by Gasteiger charge is 2.10. The van der Waals surface area contributed by atoms with Gasteiger partial charge in [0.1, 0.15) is 5.75 Å². The van der Waals surface area contributed by atoms with Gasteiger partial charge in [0.05, 0.1) is 13.7 Å². The summed E-state index contributed by atoms with van der Waals surface area (Å²) in [5.41, 5.74) is 1.57. The Morgan fingerprint density at radius 2 is 2.12 bits per heavy atom. The summed E-state index contributed by atoms with van der Waals surface area (Å²) in [5, 5.41) is 2.86. The summed E-state index contributed by atoms with van der Waals surface area (Å²) in [6.45, 7) is 4.31. The first kappa shape index (κ1) is 13.5. The van der Waals surface area contributed by atoms with Gasteiger partial charge >= 0.3 is 0 Å². The Labute approximate surface area is 102 Å². The van der Waals surface area contributed by atoms with E-state index in [1.165, 1.54) is 0 Å². The summed E-state index contributed by atoms with van der Waals surface area (Å²) in [4.78, 5) is 11.9. The molecule has 1 aromatic rings. The highest BCUT2D eigenvalue weighted by Crippen LogP contribution is 2.18. The number of rotatable bonds is 5. The van der Waals surface area contributed by atoms with E-state index in [2.05, 4.69) is 5.32 Å². The molecule has 4 nitrogen and oxygen atoms in total. The van der Waals surface area contributed by atoms with E-state index in [1.54, 1.807) is 26.4 Å². The number of benzene rings is 1. The van der Waals surface area contributed by atoms with E-state index in [0.29, 0.717) is 12.2 Å². The topological polar surface area (TPSA) is 47.6 Å². The van der Waals surface area contributed by atoms with Crippen molar-refractivity contribution in [2.75, 3.05) is 20.8 Å². The van der Waals surface area contributed by atoms with Gasteiger partial charge in [-0.15, -0.1) is 0 Å². The summed E-state index contributed by atoms with van der Waals surface area (Å²) in [5.74, 6) is 0.687. The van der Waals surface area contributed by atoms with Gasteiger partial charge in [-0.1, -0.05) is 0 Å². The van der Waals surface area contributed by atoms with Crippen LogP contribution in [0.3, 0.4) is 0 Å². The fraction of sp³-hybridized carbons (Fsp3) is 0.462. The lowest BCUT2D eigenvalue weighted by atomic mass is 10.1. The number of aryl methyl sites for hydroxylation is 1. The Morgan fingerprint density at radius 1 is 1.41 bits per heavy atom. The molecule has 0 aliphatic carbocycles. The van der Waals surface area contributed by atoms with Crippen LogP contribution >= 0.6 is 0 Å². The Bertz CT molecular complexity index is 390. The summed E-state index contributed by atoms with van der Waals surface area (Å²) in [6, 6.07) is 5.36. The molecule has 1 N–H and O–H groups in total. The van der Waals surface area contributed by atoms with Gasteiger partial charge in [0.25, 0.3) is 5.91 Å². The number of carbonyl (C=O) groups excluding carboxylic acids is 1. The van der Waals surface area contributed by atoms with Crippen LogP contribution in [0.1, 0.15) is 22.8 Å². The summed E-state index contributed by atoms with van der Waals surface area (Å²) in [6.07, 6.45) is 0. The lowest BCUT2D eigenvalue weighted by molar-refractivity contribution is 0.0905. The van der Waals surface area contributed by atoms with Crippen molar-refractivity contribution in [3.63, 3.8) is 0 Å². The van der Waals surface area contributed by atoms with Gasteiger partial charge in [-0.05, 0) is 37.6 Å². The van der Waals surface area contributed by atoms with Crippen LogP contribution in [0.2, 0.25) is 0 Å². The van der Waals surface area contributed by atoms with E-state index in [4.69, 9.17) is 9.47 Å². The first-order chi connectivity index (χ1) is 8.08. The second-order valence-corrected chi connectivity index (χ2v) is 4.01. The minimum atomic E-state index is -0.0969. The number of hydrogen-bond acceptors (Lipinski definition) is 3. The van der Waals surface area contributed by atoms with Crippen LogP contribution in [-0.4, -0.2) is 32.8 Å². The molecule has 0 aliphatic rings. The fourth-order valence-electron chi connectivity index (χ4n) is 1.62. The zero-order valence-electron chi connectivity index (χ0n) is 10.7. The molecule has 0 aliphatic heterocycles. The van der Waals surface area contributed by atoms with E-state index in [1.807, 2.05) is 19.9 Å². The maximum atomic E-state index is 11.9. The molecule has 0 bridgehead atoms. The summed E-state index contributed by atoms with van der Waals surface area (Å²) >= 11 is 0. The quantitative estimate of drug-likeness (QED) is 0.849. The zero-order valence-corrected chi connectivity index (χ0v) is 10.7. The predicted octanol–water partition coefficient (Wildman–Crippen LogP) is 1.77. The molecule has 1 aromatic carbocycles. The minimum Gasteiger partial charge on any atom is -0.496 e. The Morgan fingerprint density at radius 3 is 2.65 bits per heavy atom. The third-order valence-corrected chi connectivity index (χ3v) is 2.45. The lowest BCUT2D eigenvalue weighted by Crippen LogP contribution is -2.35. The van der Waals surface area contributed by atoms with Gasteiger partial charge in [0, 0.05) is 18.7 Å². The van der Waals surface area contributed by atoms with Crippen LogP contribution in [0.25, 0.3) is 0 Å². The van der Waals surface area contributed by atoms with Gasteiger partial charge in [0.2, 0.25) is 0 Å². The van der Waals surface area contributed by atoms with Crippen molar-refractivity contribution in [3.05, 3.63) is 29.3 Å². The molecule has 0 unspecified atom stereocenters. The average Bonchev–Trinajstić information content (AvgIpc) is 2.29. The largest absolute Gasteiger partial charge is 0.496 e. The van der Waals surface area contributed by atoms with Gasteiger partial charge in [-0.3, -0.25) is 4.79 Å². The Kier molecular flexibility index (Phi) is 4.97. The smallest absolute Gasteiger partial charge is 0.251 e. The van der Waals surface area contributed by atoms with E-state index in [0.717, 1.165) is 11.3 Å². The molecule has 0 spiro atoms. The third kappa shape index (κ3) is 3.75. The molecule has 4 heteroatoms. The molecule has 0 heterocycles. The fourth-order valence-corrected chi connectivity index (χ4v) is 1.62. The molecule has 1 rings (SSSR count). The molecular formula is C13H19NO3. The minimum absolute atomic E-state index is 0.00472. The average molecular weight is 237 g/mol. The molecular weight excluding hydrogens is 218 g/mol. The van der Waals surface area contributed by atoms with Crippen LogP contribution in [-0.2, 0) is 4.74 Å². The first-order valence-corrected chi connectivity index (χ1v) is 5.53. The van der Waals surface area contributed by atoms with Crippen molar-refractivity contribution in [3.8, 4) is 5.75 Å². The van der Waals surface area contributed by atoms with Crippen LogP contribution in [0, 0.1) is 6.92 Å². The number of carbonyl (C=O) groups is 1.